The van der Waals surface area contributed by atoms with Crippen LogP contribution in [-0.4, -0.2) is 43.9 Å². The van der Waals surface area contributed by atoms with Crippen molar-refractivity contribution in [2.45, 2.75) is 13.0 Å². The van der Waals surface area contributed by atoms with Gasteiger partial charge in [0.2, 0.25) is 0 Å². The molecule has 0 amide bonds. The van der Waals surface area contributed by atoms with Crippen molar-refractivity contribution < 1.29 is 28.5 Å². The first-order valence-corrected chi connectivity index (χ1v) is 8.60. The summed E-state index contributed by atoms with van der Waals surface area (Å²) in [5.41, 5.74) is 0.653. The fourth-order valence-corrected chi connectivity index (χ4v) is 2.32. The second kappa shape index (κ2) is 10.6. The summed E-state index contributed by atoms with van der Waals surface area (Å²) in [4.78, 5) is 28.2. The maximum Gasteiger partial charge on any atom is 0.349 e. The van der Waals surface area contributed by atoms with Gasteiger partial charge in [-0.05, 0) is 42.8 Å². The van der Waals surface area contributed by atoms with Crippen LogP contribution in [0.5, 0.6) is 11.5 Å². The van der Waals surface area contributed by atoms with E-state index in [1.165, 1.54) is 50.9 Å². The van der Waals surface area contributed by atoms with Crippen LogP contribution < -0.4 is 9.47 Å². The van der Waals surface area contributed by atoms with Gasteiger partial charge in [-0.2, -0.15) is 5.26 Å². The van der Waals surface area contributed by atoms with Gasteiger partial charge in [0.15, 0.2) is 11.5 Å². The van der Waals surface area contributed by atoms with Gasteiger partial charge in [0, 0.05) is 19.5 Å². The summed E-state index contributed by atoms with van der Waals surface area (Å²) in [6.07, 6.45) is 3.84. The first kappa shape index (κ1) is 21.6. The molecule has 0 saturated carbocycles. The number of pyridine rings is 1. The van der Waals surface area contributed by atoms with Crippen LogP contribution in [0.2, 0.25) is 0 Å². The van der Waals surface area contributed by atoms with E-state index in [4.69, 9.17) is 18.9 Å². The Labute approximate surface area is 168 Å². The molecule has 8 nitrogen and oxygen atoms in total. The molecule has 1 heterocycles. The number of nitrogens with zero attached hydrogens (tertiary/aromatic N) is 2. The molecule has 0 N–H and O–H groups in total. The Kier molecular flexibility index (Phi) is 7.88. The van der Waals surface area contributed by atoms with Gasteiger partial charge in [-0.15, -0.1) is 0 Å². The highest BCUT2D eigenvalue weighted by Gasteiger charge is 2.16. The zero-order valence-corrected chi connectivity index (χ0v) is 16.2. The van der Waals surface area contributed by atoms with E-state index in [1.54, 1.807) is 19.1 Å². The van der Waals surface area contributed by atoms with E-state index in [0.717, 1.165) is 0 Å². The molecule has 0 fully saturated rings. The molecule has 2 aromatic rings. The van der Waals surface area contributed by atoms with Gasteiger partial charge in [0.05, 0.1) is 19.3 Å². The fourth-order valence-electron chi connectivity index (χ4n) is 2.32. The molecule has 150 valence electrons. The SMILES string of the molecule is COC[C@H](C)OC(=O)/C(C#N)=C/c1ccc(OC(=O)c2ccncc2)c(OC)c1. The van der Waals surface area contributed by atoms with Crippen molar-refractivity contribution in [2.24, 2.45) is 0 Å². The van der Waals surface area contributed by atoms with E-state index < -0.39 is 18.0 Å². The first-order valence-electron chi connectivity index (χ1n) is 8.60. The predicted molar refractivity (Wildman–Crippen MR) is 103 cm³/mol. The monoisotopic (exact) mass is 396 g/mol. The van der Waals surface area contributed by atoms with Gasteiger partial charge in [-0.25, -0.2) is 9.59 Å². The second-order valence-electron chi connectivity index (χ2n) is 5.88. The molecule has 8 heteroatoms. The third-order valence-electron chi connectivity index (χ3n) is 3.67. The third-order valence-corrected chi connectivity index (χ3v) is 3.67. The molecule has 1 aromatic heterocycles. The molecule has 0 radical (unpaired) electrons. The Morgan fingerprint density at radius 3 is 2.52 bits per heavy atom. The van der Waals surface area contributed by atoms with E-state index in [1.807, 2.05) is 6.07 Å². The van der Waals surface area contributed by atoms with E-state index in [2.05, 4.69) is 4.98 Å². The van der Waals surface area contributed by atoms with Crippen LogP contribution in [0.1, 0.15) is 22.8 Å². The second-order valence-corrected chi connectivity index (χ2v) is 5.88. The van der Waals surface area contributed by atoms with E-state index in [9.17, 15) is 14.9 Å². The number of esters is 2. The van der Waals surface area contributed by atoms with Gasteiger partial charge < -0.3 is 18.9 Å². The van der Waals surface area contributed by atoms with Crippen molar-refractivity contribution in [3.63, 3.8) is 0 Å². The van der Waals surface area contributed by atoms with Crippen molar-refractivity contribution in [3.8, 4) is 17.6 Å². The van der Waals surface area contributed by atoms with Crippen LogP contribution >= 0.6 is 0 Å². The summed E-state index contributed by atoms with van der Waals surface area (Å²) in [5, 5.41) is 9.27. The molecule has 0 aliphatic carbocycles. The normalized spacial score (nSPS) is 11.9. The molecule has 1 atom stereocenters. The van der Waals surface area contributed by atoms with Crippen molar-refractivity contribution in [1.29, 1.82) is 5.26 Å². The largest absolute Gasteiger partial charge is 0.493 e. The summed E-state index contributed by atoms with van der Waals surface area (Å²) >= 11 is 0. The lowest BCUT2D eigenvalue weighted by Gasteiger charge is -2.12. The Morgan fingerprint density at radius 1 is 1.17 bits per heavy atom. The quantitative estimate of drug-likeness (QED) is 0.290. The van der Waals surface area contributed by atoms with E-state index in [0.29, 0.717) is 11.1 Å². The highest BCUT2D eigenvalue weighted by Crippen LogP contribution is 2.29. The summed E-state index contributed by atoms with van der Waals surface area (Å²) in [7, 11) is 2.90. The highest BCUT2D eigenvalue weighted by atomic mass is 16.6. The lowest BCUT2D eigenvalue weighted by Crippen LogP contribution is -2.20. The molecule has 29 heavy (non-hydrogen) atoms. The van der Waals surface area contributed by atoms with Gasteiger partial charge in [-0.1, -0.05) is 6.07 Å². The molecular weight excluding hydrogens is 376 g/mol. The number of hydrogen-bond donors (Lipinski definition) is 0. The van der Waals surface area contributed by atoms with Crippen molar-refractivity contribution in [1.82, 2.24) is 4.98 Å². The molecule has 0 spiro atoms. The molecule has 1 aromatic carbocycles. The number of carbonyl (C=O) groups is 2. The average Bonchev–Trinajstić information content (AvgIpc) is 2.73. The standard InChI is InChI=1S/C21H20N2O6/c1-14(13-26-2)28-21(25)17(12-22)10-15-4-5-18(19(11-15)27-3)29-20(24)16-6-8-23-9-7-16/h4-11,14H,13H2,1-3H3/b17-10+/t14-/m0/s1. The van der Waals surface area contributed by atoms with Crippen LogP contribution in [0.3, 0.4) is 0 Å². The van der Waals surface area contributed by atoms with Crippen LogP contribution in [0.4, 0.5) is 0 Å². The molecule has 0 saturated heterocycles. The molecule has 0 bridgehead atoms. The lowest BCUT2D eigenvalue weighted by molar-refractivity contribution is -0.145. The number of benzene rings is 1. The maximum absolute atomic E-state index is 12.2. The van der Waals surface area contributed by atoms with Gasteiger partial charge in [0.1, 0.15) is 17.7 Å². The zero-order chi connectivity index (χ0) is 21.2. The van der Waals surface area contributed by atoms with E-state index in [-0.39, 0.29) is 23.7 Å². The topological polar surface area (TPSA) is 108 Å². The van der Waals surface area contributed by atoms with Crippen molar-refractivity contribution in [2.75, 3.05) is 20.8 Å². The fraction of sp³-hybridized carbons (Fsp3) is 0.238. The Hall–Kier alpha value is -3.70. The number of methoxy groups -OCH3 is 2. The number of nitriles is 1. The third kappa shape index (κ3) is 6.16. The van der Waals surface area contributed by atoms with Crippen LogP contribution in [-0.2, 0) is 14.3 Å². The number of aromatic nitrogens is 1. The van der Waals surface area contributed by atoms with E-state index >= 15 is 0 Å². The van der Waals surface area contributed by atoms with Gasteiger partial charge in [-0.3, -0.25) is 4.98 Å². The average molecular weight is 396 g/mol. The number of carbonyl (C=O) groups excluding carboxylic acids is 2. The van der Waals surface area contributed by atoms with Crippen molar-refractivity contribution >= 4 is 18.0 Å². The minimum absolute atomic E-state index is 0.184. The zero-order valence-electron chi connectivity index (χ0n) is 16.2. The number of ether oxygens (including phenoxy) is 4. The summed E-state index contributed by atoms with van der Waals surface area (Å²) in [6.45, 7) is 1.88. The molecule has 0 aliphatic heterocycles. The Bertz CT molecular complexity index is 934. The summed E-state index contributed by atoms with van der Waals surface area (Å²) in [5.74, 6) is -0.868. The Morgan fingerprint density at radius 2 is 1.90 bits per heavy atom. The predicted octanol–water partition coefficient (Wildman–Crippen LogP) is 2.79. The summed E-state index contributed by atoms with van der Waals surface area (Å²) < 4.78 is 20.7. The maximum atomic E-state index is 12.2. The first-order chi connectivity index (χ1) is 14.0. The number of hydrogen-bond acceptors (Lipinski definition) is 8. The molecule has 0 aliphatic rings. The lowest BCUT2D eigenvalue weighted by atomic mass is 10.1. The van der Waals surface area contributed by atoms with Crippen LogP contribution in [0.15, 0.2) is 48.3 Å². The summed E-state index contributed by atoms with van der Waals surface area (Å²) in [6, 6.07) is 9.51. The molecule has 2 rings (SSSR count). The Balaban J connectivity index is 2.20. The molecule has 0 unspecified atom stereocenters. The minimum Gasteiger partial charge on any atom is -0.493 e. The number of rotatable bonds is 8. The van der Waals surface area contributed by atoms with Crippen LogP contribution in [0.25, 0.3) is 6.08 Å². The highest BCUT2D eigenvalue weighted by molar-refractivity contribution is 5.98. The van der Waals surface area contributed by atoms with Gasteiger partial charge >= 0.3 is 11.9 Å². The van der Waals surface area contributed by atoms with Crippen LogP contribution in [0, 0.1) is 11.3 Å². The van der Waals surface area contributed by atoms with Crippen molar-refractivity contribution in [3.05, 3.63) is 59.4 Å². The minimum atomic E-state index is -0.760. The smallest absolute Gasteiger partial charge is 0.349 e. The van der Waals surface area contributed by atoms with Gasteiger partial charge in [0.25, 0.3) is 0 Å². The molecular formula is C21H20N2O6.